The highest BCUT2D eigenvalue weighted by Crippen LogP contribution is 2.49. The Kier molecular flexibility index (Phi) is 2.77. The van der Waals surface area contributed by atoms with Crippen molar-refractivity contribution < 1.29 is 28.4 Å². The molecule has 0 spiro atoms. The van der Waals surface area contributed by atoms with Crippen molar-refractivity contribution in [3.05, 3.63) is 0 Å². The molecule has 0 saturated carbocycles. The zero-order chi connectivity index (χ0) is 14.3. The predicted molar refractivity (Wildman–Crippen MR) is 72.6 cm³/mol. The molecule has 6 aliphatic rings. The Morgan fingerprint density at radius 3 is 1.36 bits per heavy atom. The van der Waals surface area contributed by atoms with Crippen molar-refractivity contribution in [3.63, 3.8) is 0 Å². The number of hydrogen-bond donors (Lipinski definition) is 0. The lowest BCUT2D eigenvalue weighted by molar-refractivity contribution is -0.215. The Morgan fingerprint density at radius 1 is 0.455 bits per heavy atom. The molecule has 0 unspecified atom stereocenters. The average Bonchev–Trinajstić information content (AvgIpc) is 3.46. The molecule has 122 valence electrons. The third kappa shape index (κ3) is 1.82. The summed E-state index contributed by atoms with van der Waals surface area (Å²) in [5.74, 6) is 0. The van der Waals surface area contributed by atoms with Crippen LogP contribution in [-0.2, 0) is 28.4 Å². The molecule has 6 heteroatoms. The van der Waals surface area contributed by atoms with Crippen molar-refractivity contribution in [2.75, 3.05) is 13.2 Å². The summed E-state index contributed by atoms with van der Waals surface area (Å²) in [6.45, 7) is 1.66. The van der Waals surface area contributed by atoms with E-state index in [1.54, 1.807) is 0 Å². The molecule has 6 nitrogen and oxygen atoms in total. The highest BCUT2D eigenvalue weighted by molar-refractivity contribution is 5.14. The van der Waals surface area contributed by atoms with Crippen LogP contribution in [0, 0.1) is 0 Å². The summed E-state index contributed by atoms with van der Waals surface area (Å²) in [5, 5.41) is 0. The standard InChI is InChI=1S/C16H22O6/c1-3-7-9(17-5-1)11-15(21-11)13(19-7)14-16-12(22-16)10-8(20-14)4-2-6-18-10/h7-16H,1-6H2/t7-,8-,9-,10-,11-,12+,13-,14+,15-,16+/m0/s1. The third-order valence-electron chi connectivity index (χ3n) is 6.03. The van der Waals surface area contributed by atoms with Crippen molar-refractivity contribution >= 4 is 0 Å². The lowest BCUT2D eigenvalue weighted by Crippen LogP contribution is -2.58. The van der Waals surface area contributed by atoms with Gasteiger partial charge in [0.2, 0.25) is 0 Å². The first-order chi connectivity index (χ1) is 10.9. The summed E-state index contributed by atoms with van der Waals surface area (Å²) in [4.78, 5) is 0. The maximum absolute atomic E-state index is 6.36. The van der Waals surface area contributed by atoms with E-state index in [0.29, 0.717) is 0 Å². The topological polar surface area (TPSA) is 62.0 Å². The Balaban J connectivity index is 1.22. The average molecular weight is 310 g/mol. The van der Waals surface area contributed by atoms with Crippen LogP contribution < -0.4 is 0 Å². The molecule has 10 atom stereocenters. The summed E-state index contributed by atoms with van der Waals surface area (Å²) in [6.07, 6.45) is 5.44. The van der Waals surface area contributed by atoms with E-state index in [4.69, 9.17) is 28.4 Å². The van der Waals surface area contributed by atoms with E-state index in [1.807, 2.05) is 0 Å². The van der Waals surface area contributed by atoms with Crippen LogP contribution in [0.1, 0.15) is 25.7 Å². The normalized spacial score (nSPS) is 62.2. The third-order valence-corrected chi connectivity index (χ3v) is 6.03. The van der Waals surface area contributed by atoms with Gasteiger partial charge in [-0.2, -0.15) is 0 Å². The van der Waals surface area contributed by atoms with Crippen LogP contribution >= 0.6 is 0 Å². The van der Waals surface area contributed by atoms with Crippen LogP contribution in [0.25, 0.3) is 0 Å². The van der Waals surface area contributed by atoms with Gasteiger partial charge in [0.05, 0.1) is 12.2 Å². The van der Waals surface area contributed by atoms with E-state index in [9.17, 15) is 0 Å². The predicted octanol–water partition coefficient (Wildman–Crippen LogP) is 0.414. The second kappa shape index (κ2) is 4.65. The Morgan fingerprint density at radius 2 is 0.864 bits per heavy atom. The Hall–Kier alpha value is -0.240. The summed E-state index contributed by atoms with van der Waals surface area (Å²) in [7, 11) is 0. The number of rotatable bonds is 1. The molecule has 6 heterocycles. The molecule has 0 radical (unpaired) electrons. The highest BCUT2D eigenvalue weighted by Gasteiger charge is 2.67. The lowest BCUT2D eigenvalue weighted by atomic mass is 9.89. The highest BCUT2D eigenvalue weighted by atomic mass is 16.7. The van der Waals surface area contributed by atoms with Gasteiger partial charge >= 0.3 is 0 Å². The van der Waals surface area contributed by atoms with Gasteiger partial charge < -0.3 is 28.4 Å². The molecule has 0 aromatic rings. The minimum Gasteiger partial charge on any atom is -0.373 e. The summed E-state index contributed by atoms with van der Waals surface area (Å²) < 4.78 is 36.2. The molecule has 0 aromatic heterocycles. The van der Waals surface area contributed by atoms with E-state index in [-0.39, 0.29) is 61.0 Å². The van der Waals surface area contributed by atoms with Crippen molar-refractivity contribution in [3.8, 4) is 0 Å². The minimum atomic E-state index is -0.00849. The van der Waals surface area contributed by atoms with Crippen LogP contribution in [0.2, 0.25) is 0 Å². The molecule has 0 aromatic carbocycles. The largest absolute Gasteiger partial charge is 0.373 e. The summed E-state index contributed by atoms with van der Waals surface area (Å²) >= 11 is 0. The minimum absolute atomic E-state index is 0.00849. The molecule has 0 amide bonds. The van der Waals surface area contributed by atoms with E-state index in [0.717, 1.165) is 38.9 Å². The smallest absolute Gasteiger partial charge is 0.116 e. The van der Waals surface area contributed by atoms with Gasteiger partial charge in [0.25, 0.3) is 0 Å². The summed E-state index contributed by atoms with van der Waals surface area (Å²) in [6, 6.07) is 0. The molecule has 0 N–H and O–H groups in total. The van der Waals surface area contributed by atoms with Crippen LogP contribution in [0.3, 0.4) is 0 Å². The molecular formula is C16H22O6. The van der Waals surface area contributed by atoms with E-state index in [2.05, 4.69) is 0 Å². The van der Waals surface area contributed by atoms with Crippen LogP contribution in [-0.4, -0.2) is 74.3 Å². The quantitative estimate of drug-likeness (QED) is 0.654. The van der Waals surface area contributed by atoms with Gasteiger partial charge in [-0.15, -0.1) is 0 Å². The van der Waals surface area contributed by atoms with Gasteiger partial charge in [0.1, 0.15) is 48.8 Å². The van der Waals surface area contributed by atoms with Crippen LogP contribution in [0.5, 0.6) is 0 Å². The van der Waals surface area contributed by atoms with Crippen molar-refractivity contribution in [2.24, 2.45) is 0 Å². The van der Waals surface area contributed by atoms with E-state index >= 15 is 0 Å². The number of ether oxygens (including phenoxy) is 6. The van der Waals surface area contributed by atoms with Gasteiger partial charge in [0, 0.05) is 13.2 Å². The second-order valence-corrected chi connectivity index (χ2v) is 7.36. The van der Waals surface area contributed by atoms with Gasteiger partial charge in [-0.3, -0.25) is 0 Å². The zero-order valence-corrected chi connectivity index (χ0v) is 12.5. The maximum atomic E-state index is 6.36. The first kappa shape index (κ1) is 13.1. The molecule has 22 heavy (non-hydrogen) atoms. The Labute approximate surface area is 129 Å². The van der Waals surface area contributed by atoms with Crippen LogP contribution in [0.15, 0.2) is 0 Å². The molecule has 0 aliphatic carbocycles. The monoisotopic (exact) mass is 310 g/mol. The van der Waals surface area contributed by atoms with Crippen molar-refractivity contribution in [1.82, 2.24) is 0 Å². The molecule has 0 bridgehead atoms. The van der Waals surface area contributed by atoms with Gasteiger partial charge in [-0.25, -0.2) is 0 Å². The van der Waals surface area contributed by atoms with Crippen LogP contribution in [0.4, 0.5) is 0 Å². The fourth-order valence-corrected chi connectivity index (χ4v) is 4.87. The van der Waals surface area contributed by atoms with Crippen molar-refractivity contribution in [1.29, 1.82) is 0 Å². The Bertz CT molecular complexity index is 430. The number of epoxide rings is 2. The zero-order valence-electron chi connectivity index (χ0n) is 12.5. The van der Waals surface area contributed by atoms with Gasteiger partial charge in [-0.1, -0.05) is 0 Å². The van der Waals surface area contributed by atoms with Gasteiger partial charge in [-0.05, 0) is 25.7 Å². The molecule has 6 rings (SSSR count). The van der Waals surface area contributed by atoms with E-state index < -0.39 is 0 Å². The summed E-state index contributed by atoms with van der Waals surface area (Å²) in [5.41, 5.74) is 0. The van der Waals surface area contributed by atoms with Gasteiger partial charge in [0.15, 0.2) is 0 Å². The van der Waals surface area contributed by atoms with E-state index in [1.165, 1.54) is 0 Å². The fourth-order valence-electron chi connectivity index (χ4n) is 4.87. The maximum Gasteiger partial charge on any atom is 0.116 e. The second-order valence-electron chi connectivity index (χ2n) is 7.36. The first-order valence-electron chi connectivity index (χ1n) is 8.75. The SMILES string of the molecule is C1CO[C@@H]2[C@@H]3O[C@@H]3[C@H]([C@H]3O[C@H]4CCCO[C@@H]4[C@H]4O[C@@H]34)O[C@H]2C1. The molecule has 6 fully saturated rings. The lowest BCUT2D eigenvalue weighted by Gasteiger charge is -2.42. The fraction of sp³-hybridized carbons (Fsp3) is 1.00. The number of hydrogen-bond acceptors (Lipinski definition) is 6. The molecule has 6 saturated heterocycles. The molecular weight excluding hydrogens is 288 g/mol. The number of fused-ring (bicyclic) bond motifs is 6. The van der Waals surface area contributed by atoms with Crippen molar-refractivity contribution in [2.45, 2.75) is 86.7 Å². The molecule has 6 aliphatic heterocycles. The first-order valence-corrected chi connectivity index (χ1v) is 8.75.